The van der Waals surface area contributed by atoms with Crippen molar-refractivity contribution in [1.29, 1.82) is 0 Å². The molecule has 0 spiro atoms. The van der Waals surface area contributed by atoms with Crippen molar-refractivity contribution in [2.45, 2.75) is 18.4 Å². The zero-order chi connectivity index (χ0) is 18.1. The summed E-state index contributed by atoms with van der Waals surface area (Å²) in [6.07, 6.45) is 0.381. The van der Waals surface area contributed by atoms with Crippen LogP contribution in [0.3, 0.4) is 0 Å². The van der Waals surface area contributed by atoms with Crippen molar-refractivity contribution < 1.29 is 14.1 Å². The molecule has 2 unspecified atom stereocenters. The maximum Gasteiger partial charge on any atom is 0.232 e. The standard InChI is InChI=1S/C18H23N5O3/c1-22-8-7-19-10-15(22)17-20-18(26-21-17)12-9-16(24)23(11-12)13-3-5-14(25-2)6-4-13/h3-6,12,15,19H,7-11H2,1-2H3. The number of ether oxygens (including phenoxy) is 1. The third-order valence-corrected chi connectivity index (χ3v) is 5.12. The monoisotopic (exact) mass is 357 g/mol. The van der Waals surface area contributed by atoms with Gasteiger partial charge in [0.05, 0.1) is 19.1 Å². The number of hydrogen-bond acceptors (Lipinski definition) is 7. The normalized spacial score (nSPS) is 24.2. The number of amides is 1. The molecule has 4 rings (SSSR count). The molecule has 2 atom stereocenters. The van der Waals surface area contributed by atoms with Crippen molar-refractivity contribution in [1.82, 2.24) is 20.4 Å². The second kappa shape index (κ2) is 7.05. The van der Waals surface area contributed by atoms with Crippen LogP contribution in [0.15, 0.2) is 28.8 Å². The van der Waals surface area contributed by atoms with Crippen LogP contribution in [0, 0.1) is 0 Å². The summed E-state index contributed by atoms with van der Waals surface area (Å²) in [5.74, 6) is 1.99. The molecule has 138 valence electrons. The highest BCUT2D eigenvalue weighted by Crippen LogP contribution is 2.32. The molecule has 0 aliphatic carbocycles. The molecule has 0 bridgehead atoms. The number of anilines is 1. The minimum absolute atomic E-state index is 0.0661. The van der Waals surface area contributed by atoms with Crippen LogP contribution in [0.25, 0.3) is 0 Å². The van der Waals surface area contributed by atoms with Crippen LogP contribution in [-0.4, -0.2) is 61.3 Å². The van der Waals surface area contributed by atoms with Crippen LogP contribution in [-0.2, 0) is 4.79 Å². The summed E-state index contributed by atoms with van der Waals surface area (Å²) in [6.45, 7) is 3.26. The zero-order valence-corrected chi connectivity index (χ0v) is 15.0. The number of nitrogens with one attached hydrogen (secondary N) is 1. The lowest BCUT2D eigenvalue weighted by Crippen LogP contribution is -2.44. The molecule has 2 aliphatic heterocycles. The van der Waals surface area contributed by atoms with Crippen molar-refractivity contribution in [3.63, 3.8) is 0 Å². The highest BCUT2D eigenvalue weighted by Gasteiger charge is 2.36. The van der Waals surface area contributed by atoms with E-state index in [0.717, 1.165) is 31.1 Å². The molecule has 8 nitrogen and oxygen atoms in total. The fourth-order valence-electron chi connectivity index (χ4n) is 3.53. The Morgan fingerprint density at radius 1 is 1.31 bits per heavy atom. The Morgan fingerprint density at radius 3 is 2.85 bits per heavy atom. The van der Waals surface area contributed by atoms with Crippen LogP contribution in [0.4, 0.5) is 5.69 Å². The average Bonchev–Trinajstić information content (AvgIpc) is 3.29. The number of hydrogen-bond donors (Lipinski definition) is 1. The van der Waals surface area contributed by atoms with Gasteiger partial charge in [-0.05, 0) is 31.3 Å². The van der Waals surface area contributed by atoms with Crippen LogP contribution < -0.4 is 15.0 Å². The average molecular weight is 357 g/mol. The molecule has 3 heterocycles. The maximum atomic E-state index is 12.5. The van der Waals surface area contributed by atoms with Crippen molar-refractivity contribution in [3.05, 3.63) is 36.0 Å². The molecule has 0 saturated carbocycles. The Kier molecular flexibility index (Phi) is 4.60. The number of piperazine rings is 1. The molecule has 8 heteroatoms. The molecule has 1 amide bonds. The smallest absolute Gasteiger partial charge is 0.232 e. The molecule has 26 heavy (non-hydrogen) atoms. The Balaban J connectivity index is 1.48. The number of aromatic nitrogens is 2. The van der Waals surface area contributed by atoms with Gasteiger partial charge >= 0.3 is 0 Å². The Hall–Kier alpha value is -2.45. The lowest BCUT2D eigenvalue weighted by Gasteiger charge is -2.30. The second-order valence-corrected chi connectivity index (χ2v) is 6.79. The van der Waals surface area contributed by atoms with Gasteiger partial charge in [0, 0.05) is 38.3 Å². The molecular weight excluding hydrogens is 334 g/mol. The molecule has 1 N–H and O–H groups in total. The van der Waals surface area contributed by atoms with E-state index in [-0.39, 0.29) is 17.9 Å². The summed E-state index contributed by atoms with van der Waals surface area (Å²) >= 11 is 0. The Bertz CT molecular complexity index is 775. The van der Waals surface area contributed by atoms with Gasteiger partial charge in [-0.15, -0.1) is 0 Å². The zero-order valence-electron chi connectivity index (χ0n) is 15.0. The molecule has 0 radical (unpaired) electrons. The molecular formula is C18H23N5O3. The quantitative estimate of drug-likeness (QED) is 0.879. The van der Waals surface area contributed by atoms with E-state index in [1.165, 1.54) is 0 Å². The first-order chi connectivity index (χ1) is 12.7. The lowest BCUT2D eigenvalue weighted by atomic mass is 10.1. The predicted octanol–water partition coefficient (Wildman–Crippen LogP) is 1.17. The maximum absolute atomic E-state index is 12.5. The van der Waals surface area contributed by atoms with Crippen molar-refractivity contribution >= 4 is 11.6 Å². The molecule has 1 aromatic carbocycles. The number of carbonyl (C=O) groups excluding carboxylic acids is 1. The van der Waals surface area contributed by atoms with Crippen LogP contribution >= 0.6 is 0 Å². The highest BCUT2D eigenvalue weighted by molar-refractivity contribution is 5.96. The number of likely N-dealkylation sites (N-methyl/N-ethyl adjacent to an activating group) is 1. The van der Waals surface area contributed by atoms with Crippen molar-refractivity contribution in [2.24, 2.45) is 0 Å². The van der Waals surface area contributed by atoms with Gasteiger partial charge in [-0.2, -0.15) is 4.98 Å². The summed E-state index contributed by atoms with van der Waals surface area (Å²) in [4.78, 5) is 21.0. The fourth-order valence-corrected chi connectivity index (χ4v) is 3.53. The van der Waals surface area contributed by atoms with E-state index in [1.54, 1.807) is 12.0 Å². The van der Waals surface area contributed by atoms with Gasteiger partial charge in [0.25, 0.3) is 0 Å². The van der Waals surface area contributed by atoms with Gasteiger partial charge in [-0.1, -0.05) is 5.16 Å². The second-order valence-electron chi connectivity index (χ2n) is 6.79. The first kappa shape index (κ1) is 17.0. The van der Waals surface area contributed by atoms with Gasteiger partial charge in [0.2, 0.25) is 11.8 Å². The minimum atomic E-state index is -0.0762. The van der Waals surface area contributed by atoms with Gasteiger partial charge in [-0.3, -0.25) is 9.69 Å². The van der Waals surface area contributed by atoms with E-state index < -0.39 is 0 Å². The van der Waals surface area contributed by atoms with Crippen molar-refractivity contribution in [3.8, 4) is 5.75 Å². The minimum Gasteiger partial charge on any atom is -0.497 e. The summed E-state index contributed by atoms with van der Waals surface area (Å²) in [6, 6.07) is 7.59. The summed E-state index contributed by atoms with van der Waals surface area (Å²) in [5.41, 5.74) is 0.856. The van der Waals surface area contributed by atoms with Gasteiger partial charge in [0.1, 0.15) is 5.75 Å². The van der Waals surface area contributed by atoms with E-state index in [0.29, 0.717) is 24.7 Å². The molecule has 2 saturated heterocycles. The van der Waals surface area contributed by atoms with E-state index in [4.69, 9.17) is 9.26 Å². The third-order valence-electron chi connectivity index (χ3n) is 5.12. The van der Waals surface area contributed by atoms with E-state index in [2.05, 4.69) is 27.4 Å². The lowest BCUT2D eigenvalue weighted by molar-refractivity contribution is -0.117. The molecule has 2 fully saturated rings. The summed E-state index contributed by atoms with van der Waals surface area (Å²) in [5, 5.41) is 7.52. The topological polar surface area (TPSA) is 83.7 Å². The Labute approximate surface area is 152 Å². The van der Waals surface area contributed by atoms with Crippen LogP contribution in [0.5, 0.6) is 5.75 Å². The van der Waals surface area contributed by atoms with E-state index >= 15 is 0 Å². The van der Waals surface area contributed by atoms with Gasteiger partial charge in [-0.25, -0.2) is 0 Å². The first-order valence-electron chi connectivity index (χ1n) is 8.84. The number of carbonyl (C=O) groups is 1. The first-order valence-corrected chi connectivity index (χ1v) is 8.84. The van der Waals surface area contributed by atoms with E-state index in [1.807, 2.05) is 24.3 Å². The van der Waals surface area contributed by atoms with Crippen LogP contribution in [0.2, 0.25) is 0 Å². The third kappa shape index (κ3) is 3.17. The van der Waals surface area contributed by atoms with Crippen LogP contribution in [0.1, 0.15) is 30.1 Å². The number of benzene rings is 1. The fraction of sp³-hybridized carbons (Fsp3) is 0.500. The molecule has 2 aromatic rings. The van der Waals surface area contributed by atoms with E-state index in [9.17, 15) is 4.79 Å². The number of nitrogens with zero attached hydrogens (tertiary/aromatic N) is 4. The highest BCUT2D eigenvalue weighted by atomic mass is 16.5. The van der Waals surface area contributed by atoms with Gasteiger partial charge < -0.3 is 19.5 Å². The van der Waals surface area contributed by atoms with Gasteiger partial charge in [0.15, 0.2) is 5.82 Å². The largest absolute Gasteiger partial charge is 0.497 e. The van der Waals surface area contributed by atoms with Crippen molar-refractivity contribution in [2.75, 3.05) is 45.2 Å². The SMILES string of the molecule is COc1ccc(N2CC(c3nc(C4CNCCN4C)no3)CC2=O)cc1. The number of rotatable bonds is 4. The molecule has 1 aromatic heterocycles. The summed E-state index contributed by atoms with van der Waals surface area (Å²) < 4.78 is 10.7. The number of methoxy groups -OCH3 is 1. The predicted molar refractivity (Wildman–Crippen MR) is 95.2 cm³/mol. The Morgan fingerprint density at radius 2 is 2.12 bits per heavy atom. The molecule has 2 aliphatic rings. The summed E-state index contributed by atoms with van der Waals surface area (Å²) in [7, 11) is 3.69.